The molecule has 0 radical (unpaired) electrons. The molecule has 0 saturated carbocycles. The molecule has 0 bridgehead atoms. The second-order valence-corrected chi connectivity index (χ2v) is 8.21. The molecule has 0 unspecified atom stereocenters. The van der Waals surface area contributed by atoms with Crippen LogP contribution < -0.4 is 10.6 Å². The van der Waals surface area contributed by atoms with Crippen LogP contribution in [0.4, 0.5) is 0 Å². The highest BCUT2D eigenvalue weighted by molar-refractivity contribution is 6.35. The van der Waals surface area contributed by atoms with E-state index in [2.05, 4.69) is 49.7 Å². The van der Waals surface area contributed by atoms with Crippen molar-refractivity contribution in [1.82, 2.24) is 25.4 Å². The fourth-order valence-electron chi connectivity index (χ4n) is 4.32. The Morgan fingerprint density at radius 2 is 1.78 bits per heavy atom. The van der Waals surface area contributed by atoms with Gasteiger partial charge in [0.25, 0.3) is 0 Å². The van der Waals surface area contributed by atoms with Crippen LogP contribution in [0.5, 0.6) is 0 Å². The van der Waals surface area contributed by atoms with Crippen molar-refractivity contribution < 1.29 is 14.3 Å². The molecule has 0 aliphatic carbocycles. The number of fused-ring (bicyclic) bond motifs is 1. The van der Waals surface area contributed by atoms with Crippen molar-refractivity contribution in [3.8, 4) is 0 Å². The molecule has 1 saturated heterocycles. The molecule has 0 spiro atoms. The topological polar surface area (TPSA) is 86.8 Å². The highest BCUT2D eigenvalue weighted by atomic mass is 16.5. The van der Waals surface area contributed by atoms with Crippen LogP contribution in [0.25, 0.3) is 0 Å². The summed E-state index contributed by atoms with van der Waals surface area (Å²) in [5.41, 5.74) is 3.71. The molecule has 8 heteroatoms. The van der Waals surface area contributed by atoms with Crippen LogP contribution in [0.2, 0.25) is 0 Å². The molecule has 4 rings (SSSR count). The van der Waals surface area contributed by atoms with E-state index in [0.717, 1.165) is 38.2 Å². The van der Waals surface area contributed by atoms with Crippen LogP contribution >= 0.6 is 0 Å². The minimum absolute atomic E-state index is 0.0536. The van der Waals surface area contributed by atoms with E-state index in [1.165, 1.54) is 11.1 Å². The van der Waals surface area contributed by atoms with Gasteiger partial charge in [-0.1, -0.05) is 30.3 Å². The molecule has 1 atom stereocenters. The van der Waals surface area contributed by atoms with Crippen LogP contribution in [-0.4, -0.2) is 79.1 Å². The second kappa shape index (κ2) is 11.2. The summed E-state index contributed by atoms with van der Waals surface area (Å²) in [5, 5.41) is 5.56. The number of aromatic nitrogens is 1. The van der Waals surface area contributed by atoms with E-state index >= 15 is 0 Å². The maximum atomic E-state index is 12.5. The molecular weight excluding hydrogens is 406 g/mol. The zero-order chi connectivity index (χ0) is 22.2. The molecule has 2 aliphatic heterocycles. The number of nitrogens with one attached hydrogen (secondary N) is 2. The maximum absolute atomic E-state index is 12.5. The van der Waals surface area contributed by atoms with Gasteiger partial charge in [0, 0.05) is 58.2 Å². The van der Waals surface area contributed by atoms with Gasteiger partial charge in [0.1, 0.15) is 0 Å². The summed E-state index contributed by atoms with van der Waals surface area (Å²) in [6, 6.07) is 12.3. The van der Waals surface area contributed by atoms with Crippen LogP contribution in [0.3, 0.4) is 0 Å². The van der Waals surface area contributed by atoms with Gasteiger partial charge in [0.05, 0.1) is 19.3 Å². The number of ether oxygens (including phenoxy) is 1. The van der Waals surface area contributed by atoms with E-state index in [4.69, 9.17) is 4.74 Å². The van der Waals surface area contributed by atoms with Gasteiger partial charge < -0.3 is 15.4 Å². The Kier molecular flexibility index (Phi) is 7.82. The van der Waals surface area contributed by atoms with E-state index in [9.17, 15) is 9.59 Å². The Hall–Kier alpha value is -2.81. The highest BCUT2D eigenvalue weighted by Crippen LogP contribution is 2.27. The Labute approximate surface area is 188 Å². The number of hydrogen-bond acceptors (Lipinski definition) is 6. The van der Waals surface area contributed by atoms with E-state index in [1.54, 1.807) is 6.20 Å². The predicted molar refractivity (Wildman–Crippen MR) is 121 cm³/mol. The van der Waals surface area contributed by atoms with Gasteiger partial charge in [-0.15, -0.1) is 0 Å². The lowest BCUT2D eigenvalue weighted by molar-refractivity contribution is -0.139. The lowest BCUT2D eigenvalue weighted by atomic mass is 9.97. The maximum Gasteiger partial charge on any atom is 0.309 e. The molecule has 2 amide bonds. The van der Waals surface area contributed by atoms with Crippen LogP contribution in [0, 0.1) is 0 Å². The number of nitrogens with zero attached hydrogens (tertiary/aromatic N) is 3. The number of morpholine rings is 1. The first-order valence-electron chi connectivity index (χ1n) is 11.3. The highest BCUT2D eigenvalue weighted by Gasteiger charge is 2.26. The first-order valence-corrected chi connectivity index (χ1v) is 11.3. The Morgan fingerprint density at radius 1 is 1.00 bits per heavy atom. The smallest absolute Gasteiger partial charge is 0.309 e. The summed E-state index contributed by atoms with van der Waals surface area (Å²) >= 11 is 0. The summed E-state index contributed by atoms with van der Waals surface area (Å²) in [7, 11) is 0. The van der Waals surface area contributed by atoms with Crippen molar-refractivity contribution in [2.45, 2.75) is 19.0 Å². The monoisotopic (exact) mass is 437 g/mol. The lowest BCUT2D eigenvalue weighted by Crippen LogP contribution is -2.47. The first-order chi connectivity index (χ1) is 15.7. The average Bonchev–Trinajstić information content (AvgIpc) is 2.85. The molecule has 2 aromatic rings. The van der Waals surface area contributed by atoms with E-state index in [1.807, 2.05) is 18.3 Å². The minimum atomic E-state index is -0.599. The molecule has 1 fully saturated rings. The predicted octanol–water partition coefficient (Wildman–Crippen LogP) is 0.746. The number of hydrogen-bond donors (Lipinski definition) is 2. The SMILES string of the molecule is O=C(NCCN1CCOCC1)C(=O)NC[C@H](c1cccnc1)N1CCc2ccccc2C1. The van der Waals surface area contributed by atoms with Gasteiger partial charge >= 0.3 is 11.8 Å². The number of amides is 2. The van der Waals surface area contributed by atoms with E-state index in [-0.39, 0.29) is 6.04 Å². The summed E-state index contributed by atoms with van der Waals surface area (Å²) in [5.74, 6) is -1.19. The molecule has 32 heavy (non-hydrogen) atoms. The molecule has 1 aromatic heterocycles. The van der Waals surface area contributed by atoms with Gasteiger partial charge in [0.15, 0.2) is 0 Å². The molecule has 2 aliphatic rings. The van der Waals surface area contributed by atoms with Gasteiger partial charge in [-0.2, -0.15) is 0 Å². The second-order valence-electron chi connectivity index (χ2n) is 8.21. The van der Waals surface area contributed by atoms with Crippen molar-refractivity contribution in [1.29, 1.82) is 0 Å². The summed E-state index contributed by atoms with van der Waals surface area (Å²) in [6.07, 6.45) is 4.54. The van der Waals surface area contributed by atoms with E-state index < -0.39 is 11.8 Å². The normalized spacial score (nSPS) is 17.9. The fourth-order valence-corrected chi connectivity index (χ4v) is 4.32. The van der Waals surface area contributed by atoms with Crippen molar-refractivity contribution >= 4 is 11.8 Å². The Morgan fingerprint density at radius 3 is 2.56 bits per heavy atom. The summed E-state index contributed by atoms with van der Waals surface area (Å²) in [4.78, 5) is 33.6. The van der Waals surface area contributed by atoms with Gasteiger partial charge in [-0.25, -0.2) is 0 Å². The first kappa shape index (κ1) is 22.4. The van der Waals surface area contributed by atoms with Crippen LogP contribution in [-0.2, 0) is 27.3 Å². The molecule has 8 nitrogen and oxygen atoms in total. The average molecular weight is 438 g/mol. The van der Waals surface area contributed by atoms with Crippen molar-refractivity contribution in [2.24, 2.45) is 0 Å². The number of carbonyl (C=O) groups is 2. The van der Waals surface area contributed by atoms with Crippen molar-refractivity contribution in [2.75, 3.05) is 52.5 Å². The zero-order valence-electron chi connectivity index (χ0n) is 18.3. The number of benzene rings is 1. The summed E-state index contributed by atoms with van der Waals surface area (Å²) in [6.45, 7) is 6.34. The number of rotatable bonds is 7. The molecule has 1 aromatic carbocycles. The number of carbonyl (C=O) groups excluding carboxylic acids is 2. The Bertz CT molecular complexity index is 902. The van der Waals surface area contributed by atoms with Gasteiger partial charge in [-0.3, -0.25) is 24.4 Å². The minimum Gasteiger partial charge on any atom is -0.379 e. The third kappa shape index (κ3) is 5.91. The summed E-state index contributed by atoms with van der Waals surface area (Å²) < 4.78 is 5.32. The number of pyridine rings is 1. The lowest BCUT2D eigenvalue weighted by Gasteiger charge is -2.35. The molecular formula is C24H31N5O3. The molecule has 3 heterocycles. The standard InChI is InChI=1S/C24H31N5O3/c30-23(26-9-11-28-12-14-32-15-13-28)24(31)27-17-22(20-6-3-8-25-16-20)29-10-7-19-4-1-2-5-21(19)18-29/h1-6,8,16,22H,7,9-15,17-18H2,(H,26,30)(H,27,31)/t22-/m1/s1. The molecule has 2 N–H and O–H groups in total. The third-order valence-corrected chi connectivity index (χ3v) is 6.15. The van der Waals surface area contributed by atoms with Gasteiger partial charge in [0.2, 0.25) is 0 Å². The molecule has 170 valence electrons. The quantitative estimate of drug-likeness (QED) is 0.622. The largest absolute Gasteiger partial charge is 0.379 e. The van der Waals surface area contributed by atoms with Crippen molar-refractivity contribution in [3.63, 3.8) is 0 Å². The van der Waals surface area contributed by atoms with Gasteiger partial charge in [-0.05, 0) is 29.2 Å². The zero-order valence-corrected chi connectivity index (χ0v) is 18.3. The van der Waals surface area contributed by atoms with Crippen LogP contribution in [0.15, 0.2) is 48.8 Å². The Balaban J connectivity index is 1.32. The fraction of sp³-hybridized carbons (Fsp3) is 0.458. The third-order valence-electron chi connectivity index (χ3n) is 6.15. The van der Waals surface area contributed by atoms with Crippen molar-refractivity contribution in [3.05, 3.63) is 65.5 Å². The van der Waals surface area contributed by atoms with E-state index in [0.29, 0.717) is 32.8 Å². The van der Waals surface area contributed by atoms with Crippen LogP contribution in [0.1, 0.15) is 22.7 Å².